The monoisotopic (exact) mass is 251 g/mol. The summed E-state index contributed by atoms with van der Waals surface area (Å²) in [5, 5.41) is 2.84. The third kappa shape index (κ3) is 2.88. The SMILES string of the molecule is CC1(C)CCC(NC(=O)c2cc(=O)[nH]c(=O)[nH]2)C1. The highest BCUT2D eigenvalue weighted by Crippen LogP contribution is 2.36. The van der Waals surface area contributed by atoms with Gasteiger partial charge in [-0.1, -0.05) is 13.8 Å². The van der Waals surface area contributed by atoms with Gasteiger partial charge in [-0.05, 0) is 24.7 Å². The Morgan fingerprint density at radius 2 is 2.11 bits per heavy atom. The van der Waals surface area contributed by atoms with Crippen LogP contribution in [0.3, 0.4) is 0 Å². The number of amides is 1. The van der Waals surface area contributed by atoms with Crippen molar-refractivity contribution in [3.63, 3.8) is 0 Å². The van der Waals surface area contributed by atoms with E-state index in [1.54, 1.807) is 0 Å². The van der Waals surface area contributed by atoms with Crippen molar-refractivity contribution < 1.29 is 4.79 Å². The zero-order valence-electron chi connectivity index (χ0n) is 10.5. The Labute approximate surface area is 104 Å². The topological polar surface area (TPSA) is 94.8 Å². The Hall–Kier alpha value is -1.85. The molecule has 1 unspecified atom stereocenters. The largest absolute Gasteiger partial charge is 0.348 e. The lowest BCUT2D eigenvalue weighted by Crippen LogP contribution is -2.36. The highest BCUT2D eigenvalue weighted by Gasteiger charge is 2.31. The molecule has 98 valence electrons. The molecule has 0 aliphatic heterocycles. The first kappa shape index (κ1) is 12.6. The Morgan fingerprint density at radius 1 is 1.39 bits per heavy atom. The van der Waals surface area contributed by atoms with Gasteiger partial charge in [0.2, 0.25) is 0 Å². The van der Waals surface area contributed by atoms with Gasteiger partial charge >= 0.3 is 5.69 Å². The van der Waals surface area contributed by atoms with Crippen molar-refractivity contribution in [2.75, 3.05) is 0 Å². The first-order valence-corrected chi connectivity index (χ1v) is 6.00. The average Bonchev–Trinajstić information content (AvgIpc) is 2.56. The van der Waals surface area contributed by atoms with Gasteiger partial charge in [-0.3, -0.25) is 14.6 Å². The number of carbonyl (C=O) groups is 1. The second-order valence-corrected chi connectivity index (χ2v) is 5.58. The number of hydrogen-bond acceptors (Lipinski definition) is 3. The van der Waals surface area contributed by atoms with Crippen LogP contribution in [0.1, 0.15) is 43.6 Å². The number of carbonyl (C=O) groups excluding carboxylic acids is 1. The highest BCUT2D eigenvalue weighted by atomic mass is 16.2. The van der Waals surface area contributed by atoms with Crippen LogP contribution in [-0.2, 0) is 0 Å². The van der Waals surface area contributed by atoms with Gasteiger partial charge < -0.3 is 10.3 Å². The number of rotatable bonds is 2. The van der Waals surface area contributed by atoms with Gasteiger partial charge in [0, 0.05) is 12.1 Å². The molecule has 6 nitrogen and oxygen atoms in total. The van der Waals surface area contributed by atoms with E-state index < -0.39 is 17.2 Å². The van der Waals surface area contributed by atoms with Crippen LogP contribution in [0, 0.1) is 5.41 Å². The van der Waals surface area contributed by atoms with E-state index in [-0.39, 0.29) is 17.2 Å². The summed E-state index contributed by atoms with van der Waals surface area (Å²) in [5.41, 5.74) is -0.997. The van der Waals surface area contributed by atoms with E-state index in [0.717, 1.165) is 25.3 Å². The molecule has 0 aromatic carbocycles. The molecule has 2 rings (SSSR count). The van der Waals surface area contributed by atoms with Crippen molar-refractivity contribution in [3.8, 4) is 0 Å². The van der Waals surface area contributed by atoms with Crippen LogP contribution in [-0.4, -0.2) is 21.9 Å². The fourth-order valence-corrected chi connectivity index (χ4v) is 2.41. The first-order valence-electron chi connectivity index (χ1n) is 6.00. The molecule has 1 heterocycles. The van der Waals surface area contributed by atoms with Crippen molar-refractivity contribution in [2.24, 2.45) is 5.41 Å². The van der Waals surface area contributed by atoms with Crippen molar-refractivity contribution in [1.29, 1.82) is 0 Å². The maximum absolute atomic E-state index is 11.9. The van der Waals surface area contributed by atoms with Gasteiger partial charge in [0.25, 0.3) is 11.5 Å². The lowest BCUT2D eigenvalue weighted by molar-refractivity contribution is 0.0930. The maximum Gasteiger partial charge on any atom is 0.326 e. The molecule has 1 aliphatic carbocycles. The lowest BCUT2D eigenvalue weighted by atomic mass is 9.92. The van der Waals surface area contributed by atoms with Crippen molar-refractivity contribution in [3.05, 3.63) is 32.6 Å². The van der Waals surface area contributed by atoms with E-state index in [1.165, 1.54) is 0 Å². The van der Waals surface area contributed by atoms with Crippen LogP contribution < -0.4 is 16.6 Å². The van der Waals surface area contributed by atoms with E-state index in [1.807, 2.05) is 4.98 Å². The van der Waals surface area contributed by atoms with Crippen LogP contribution in [0.15, 0.2) is 15.7 Å². The van der Waals surface area contributed by atoms with E-state index >= 15 is 0 Å². The van der Waals surface area contributed by atoms with E-state index in [2.05, 4.69) is 24.1 Å². The van der Waals surface area contributed by atoms with Gasteiger partial charge in [-0.25, -0.2) is 4.79 Å². The number of hydrogen-bond donors (Lipinski definition) is 3. The Morgan fingerprint density at radius 3 is 2.67 bits per heavy atom. The zero-order valence-corrected chi connectivity index (χ0v) is 10.5. The summed E-state index contributed by atoms with van der Waals surface area (Å²) in [6.07, 6.45) is 2.89. The van der Waals surface area contributed by atoms with Crippen LogP contribution in [0.25, 0.3) is 0 Å². The molecule has 3 N–H and O–H groups in total. The lowest BCUT2D eigenvalue weighted by Gasteiger charge is -2.17. The summed E-state index contributed by atoms with van der Waals surface area (Å²) >= 11 is 0. The Balaban J connectivity index is 2.09. The molecule has 1 aromatic rings. The molecule has 0 saturated heterocycles. The molecule has 1 aliphatic rings. The molecular weight excluding hydrogens is 234 g/mol. The third-order valence-corrected chi connectivity index (χ3v) is 3.31. The molecule has 1 amide bonds. The molecule has 1 fully saturated rings. The van der Waals surface area contributed by atoms with Crippen LogP contribution in [0.4, 0.5) is 0 Å². The second kappa shape index (κ2) is 4.44. The minimum absolute atomic E-state index is 0.00783. The molecule has 18 heavy (non-hydrogen) atoms. The summed E-state index contributed by atoms with van der Waals surface area (Å²) < 4.78 is 0. The summed E-state index contributed by atoms with van der Waals surface area (Å²) in [6.45, 7) is 4.32. The maximum atomic E-state index is 11.9. The van der Waals surface area contributed by atoms with Crippen LogP contribution in [0.2, 0.25) is 0 Å². The predicted molar refractivity (Wildman–Crippen MR) is 66.6 cm³/mol. The second-order valence-electron chi connectivity index (χ2n) is 5.58. The van der Waals surface area contributed by atoms with Crippen molar-refractivity contribution in [1.82, 2.24) is 15.3 Å². The first-order chi connectivity index (χ1) is 8.35. The quantitative estimate of drug-likeness (QED) is 0.708. The van der Waals surface area contributed by atoms with E-state index in [9.17, 15) is 14.4 Å². The molecule has 1 atom stereocenters. The molecular formula is C12H17N3O3. The Kier molecular flexibility index (Phi) is 3.11. The number of aromatic amines is 2. The van der Waals surface area contributed by atoms with Gasteiger partial charge in [0.05, 0.1) is 0 Å². The normalized spacial score (nSPS) is 21.8. The fraction of sp³-hybridized carbons (Fsp3) is 0.583. The summed E-state index contributed by atoms with van der Waals surface area (Å²) in [4.78, 5) is 38.4. The summed E-state index contributed by atoms with van der Waals surface area (Å²) in [5.74, 6) is -0.402. The minimum Gasteiger partial charge on any atom is -0.348 e. The molecule has 1 aromatic heterocycles. The van der Waals surface area contributed by atoms with Crippen molar-refractivity contribution in [2.45, 2.75) is 39.2 Å². The molecule has 0 bridgehead atoms. The third-order valence-electron chi connectivity index (χ3n) is 3.31. The average molecular weight is 251 g/mol. The van der Waals surface area contributed by atoms with E-state index in [4.69, 9.17) is 0 Å². The van der Waals surface area contributed by atoms with Gasteiger partial charge in [-0.2, -0.15) is 0 Å². The highest BCUT2D eigenvalue weighted by molar-refractivity contribution is 5.92. The zero-order chi connectivity index (χ0) is 13.3. The molecule has 0 spiro atoms. The molecule has 6 heteroatoms. The van der Waals surface area contributed by atoms with Crippen molar-refractivity contribution >= 4 is 5.91 Å². The van der Waals surface area contributed by atoms with Gasteiger partial charge in [-0.15, -0.1) is 0 Å². The number of aromatic nitrogens is 2. The van der Waals surface area contributed by atoms with Gasteiger partial charge in [0.15, 0.2) is 0 Å². The summed E-state index contributed by atoms with van der Waals surface area (Å²) in [7, 11) is 0. The smallest absolute Gasteiger partial charge is 0.326 e. The summed E-state index contributed by atoms with van der Waals surface area (Å²) in [6, 6.07) is 1.20. The minimum atomic E-state index is -0.667. The number of H-pyrrole nitrogens is 2. The Bertz CT molecular complexity index is 542. The predicted octanol–water partition coefficient (Wildman–Crippen LogP) is 0.372. The van der Waals surface area contributed by atoms with Crippen LogP contribution in [0.5, 0.6) is 0 Å². The van der Waals surface area contributed by atoms with Crippen LogP contribution >= 0.6 is 0 Å². The molecule has 1 saturated carbocycles. The standard InChI is InChI=1S/C12H17N3O3/c1-12(2)4-3-7(6-12)13-10(17)8-5-9(16)15-11(18)14-8/h5,7H,3-4,6H2,1-2H3,(H,13,17)(H2,14,15,16,18). The van der Waals surface area contributed by atoms with E-state index in [0.29, 0.717) is 0 Å². The molecule has 0 radical (unpaired) electrons. The number of nitrogens with one attached hydrogen (secondary N) is 3. The fourth-order valence-electron chi connectivity index (χ4n) is 2.41. The van der Waals surface area contributed by atoms with Gasteiger partial charge in [0.1, 0.15) is 5.69 Å².